The lowest BCUT2D eigenvalue weighted by molar-refractivity contribution is 0.0420. The standard InChI is InChI=1S/C28H31N3O3/c1-19(2)28(5,22-13-15-24(16-14-22)33-18-23-8-6-7-17-29-23)21-11-9-20(10-12-21)25-30-26(34-31-25)27(3,4)32/h6-17,19,32H,18H2,1-5H3. The number of aromatic nitrogens is 3. The molecule has 2 aromatic heterocycles. The molecule has 1 atom stereocenters. The molecule has 0 fully saturated rings. The Kier molecular flexibility index (Phi) is 6.53. The number of hydrogen-bond donors (Lipinski definition) is 1. The van der Waals surface area contributed by atoms with E-state index in [1.54, 1.807) is 20.0 Å². The molecule has 0 aliphatic rings. The Morgan fingerprint density at radius 1 is 0.912 bits per heavy atom. The molecule has 4 aromatic rings. The third kappa shape index (κ3) is 4.87. The molecule has 0 saturated carbocycles. The second kappa shape index (κ2) is 9.39. The Balaban J connectivity index is 1.55. The molecule has 34 heavy (non-hydrogen) atoms. The summed E-state index contributed by atoms with van der Waals surface area (Å²) in [6.45, 7) is 10.4. The second-order valence-electron chi connectivity index (χ2n) is 9.55. The van der Waals surface area contributed by atoms with E-state index in [1.165, 1.54) is 11.1 Å². The van der Waals surface area contributed by atoms with Gasteiger partial charge in [0.15, 0.2) is 0 Å². The van der Waals surface area contributed by atoms with Gasteiger partial charge in [-0.1, -0.05) is 68.4 Å². The highest BCUT2D eigenvalue weighted by atomic mass is 16.5. The van der Waals surface area contributed by atoms with E-state index in [0.29, 0.717) is 18.3 Å². The molecule has 0 spiro atoms. The second-order valence-corrected chi connectivity index (χ2v) is 9.55. The lowest BCUT2D eigenvalue weighted by Gasteiger charge is -2.35. The van der Waals surface area contributed by atoms with Crippen LogP contribution in [0.5, 0.6) is 5.75 Å². The van der Waals surface area contributed by atoms with Crippen molar-refractivity contribution in [3.8, 4) is 17.1 Å². The SMILES string of the molecule is CC(C)C(C)(c1ccc(OCc2ccccn2)cc1)c1ccc(-c2noc(C(C)(C)O)n2)cc1. The molecular formula is C28H31N3O3. The van der Waals surface area contributed by atoms with E-state index in [9.17, 15) is 5.11 Å². The zero-order valence-electron chi connectivity index (χ0n) is 20.3. The van der Waals surface area contributed by atoms with E-state index < -0.39 is 5.60 Å². The average molecular weight is 458 g/mol. The molecule has 4 rings (SSSR count). The molecule has 0 bridgehead atoms. The van der Waals surface area contributed by atoms with Crippen LogP contribution < -0.4 is 4.74 Å². The van der Waals surface area contributed by atoms with Gasteiger partial charge in [-0.05, 0) is 55.2 Å². The third-order valence-electron chi connectivity index (χ3n) is 6.41. The summed E-state index contributed by atoms with van der Waals surface area (Å²) in [5.74, 6) is 1.83. The van der Waals surface area contributed by atoms with Gasteiger partial charge in [0, 0.05) is 17.2 Å². The smallest absolute Gasteiger partial charge is 0.258 e. The van der Waals surface area contributed by atoms with Gasteiger partial charge in [0.1, 0.15) is 18.0 Å². The first kappa shape index (κ1) is 23.6. The highest BCUT2D eigenvalue weighted by Crippen LogP contribution is 2.40. The Morgan fingerprint density at radius 3 is 2.09 bits per heavy atom. The maximum Gasteiger partial charge on any atom is 0.258 e. The zero-order valence-corrected chi connectivity index (χ0v) is 20.3. The fraction of sp³-hybridized carbons (Fsp3) is 0.321. The molecule has 6 nitrogen and oxygen atoms in total. The van der Waals surface area contributed by atoms with Crippen LogP contribution in [0.15, 0.2) is 77.4 Å². The van der Waals surface area contributed by atoms with Crippen molar-refractivity contribution in [1.29, 1.82) is 0 Å². The Morgan fingerprint density at radius 2 is 1.56 bits per heavy atom. The van der Waals surface area contributed by atoms with Crippen LogP contribution in [0.4, 0.5) is 0 Å². The van der Waals surface area contributed by atoms with Gasteiger partial charge in [0.25, 0.3) is 5.89 Å². The normalized spacial score (nSPS) is 13.6. The van der Waals surface area contributed by atoms with Crippen molar-refractivity contribution in [2.24, 2.45) is 5.92 Å². The van der Waals surface area contributed by atoms with Crippen molar-refractivity contribution in [1.82, 2.24) is 15.1 Å². The molecular weight excluding hydrogens is 426 g/mol. The predicted octanol–water partition coefficient (Wildman–Crippen LogP) is 5.90. The molecule has 2 aromatic carbocycles. The lowest BCUT2D eigenvalue weighted by Crippen LogP contribution is -2.30. The zero-order chi connectivity index (χ0) is 24.3. The molecule has 1 N–H and O–H groups in total. The van der Waals surface area contributed by atoms with Gasteiger partial charge in [-0.2, -0.15) is 4.98 Å². The number of aliphatic hydroxyl groups is 1. The molecule has 176 valence electrons. The van der Waals surface area contributed by atoms with Gasteiger partial charge in [-0.3, -0.25) is 4.98 Å². The molecule has 0 aliphatic heterocycles. The van der Waals surface area contributed by atoms with Gasteiger partial charge >= 0.3 is 0 Å². The van der Waals surface area contributed by atoms with Crippen LogP contribution in [0.25, 0.3) is 11.4 Å². The van der Waals surface area contributed by atoms with E-state index in [2.05, 4.69) is 60.2 Å². The first-order valence-electron chi connectivity index (χ1n) is 11.5. The largest absolute Gasteiger partial charge is 0.487 e. The molecule has 1 unspecified atom stereocenters. The highest BCUT2D eigenvalue weighted by Gasteiger charge is 2.33. The topological polar surface area (TPSA) is 81.3 Å². The minimum Gasteiger partial charge on any atom is -0.487 e. The Hall–Kier alpha value is -3.51. The van der Waals surface area contributed by atoms with E-state index in [1.807, 2.05) is 42.5 Å². The Labute approximate surface area is 200 Å². The van der Waals surface area contributed by atoms with Crippen molar-refractivity contribution in [2.75, 3.05) is 0 Å². The van der Waals surface area contributed by atoms with Gasteiger partial charge in [0.05, 0.1) is 5.69 Å². The minimum absolute atomic E-state index is 0.198. The number of benzene rings is 2. The summed E-state index contributed by atoms with van der Waals surface area (Å²) in [5.41, 5.74) is 2.77. The summed E-state index contributed by atoms with van der Waals surface area (Å²) < 4.78 is 11.1. The number of nitrogens with zero attached hydrogens (tertiary/aromatic N) is 3. The van der Waals surface area contributed by atoms with Crippen LogP contribution in [0.2, 0.25) is 0 Å². The van der Waals surface area contributed by atoms with Crippen LogP contribution in [-0.4, -0.2) is 20.2 Å². The summed E-state index contributed by atoms with van der Waals surface area (Å²) >= 11 is 0. The van der Waals surface area contributed by atoms with Crippen LogP contribution in [0.1, 0.15) is 57.3 Å². The lowest BCUT2D eigenvalue weighted by atomic mass is 9.68. The van der Waals surface area contributed by atoms with E-state index >= 15 is 0 Å². The number of ether oxygens (including phenoxy) is 1. The first-order valence-corrected chi connectivity index (χ1v) is 11.5. The molecule has 0 amide bonds. The summed E-state index contributed by atoms with van der Waals surface area (Å²) in [6.07, 6.45) is 1.77. The fourth-order valence-corrected chi connectivity index (χ4v) is 3.93. The fourth-order valence-electron chi connectivity index (χ4n) is 3.93. The Bertz CT molecular complexity index is 1210. The maximum atomic E-state index is 10.1. The molecule has 0 saturated heterocycles. The predicted molar refractivity (Wildman–Crippen MR) is 131 cm³/mol. The van der Waals surface area contributed by atoms with Crippen LogP contribution >= 0.6 is 0 Å². The number of hydrogen-bond acceptors (Lipinski definition) is 6. The van der Waals surface area contributed by atoms with Crippen LogP contribution in [0, 0.1) is 5.92 Å². The third-order valence-corrected chi connectivity index (χ3v) is 6.41. The number of pyridine rings is 1. The van der Waals surface area contributed by atoms with Crippen molar-refractivity contribution in [2.45, 2.75) is 52.2 Å². The van der Waals surface area contributed by atoms with Gasteiger partial charge in [-0.25, -0.2) is 0 Å². The summed E-state index contributed by atoms with van der Waals surface area (Å²) in [7, 11) is 0. The summed E-state index contributed by atoms with van der Waals surface area (Å²) in [6, 6.07) is 22.3. The van der Waals surface area contributed by atoms with Crippen molar-refractivity contribution in [3.63, 3.8) is 0 Å². The van der Waals surface area contributed by atoms with Crippen molar-refractivity contribution in [3.05, 3.63) is 95.6 Å². The summed E-state index contributed by atoms with van der Waals surface area (Å²) in [5, 5.41) is 14.1. The molecule has 2 heterocycles. The molecule has 0 aliphatic carbocycles. The minimum atomic E-state index is -1.17. The van der Waals surface area contributed by atoms with E-state index in [4.69, 9.17) is 9.26 Å². The van der Waals surface area contributed by atoms with Crippen LogP contribution in [-0.2, 0) is 17.6 Å². The van der Waals surface area contributed by atoms with E-state index in [-0.39, 0.29) is 11.3 Å². The first-order chi connectivity index (χ1) is 16.2. The van der Waals surface area contributed by atoms with Crippen LogP contribution in [0.3, 0.4) is 0 Å². The van der Waals surface area contributed by atoms with Crippen molar-refractivity contribution >= 4 is 0 Å². The van der Waals surface area contributed by atoms with Gasteiger partial charge in [-0.15, -0.1) is 0 Å². The maximum absolute atomic E-state index is 10.1. The highest BCUT2D eigenvalue weighted by molar-refractivity contribution is 5.56. The van der Waals surface area contributed by atoms with E-state index in [0.717, 1.165) is 17.0 Å². The van der Waals surface area contributed by atoms with Crippen molar-refractivity contribution < 1.29 is 14.4 Å². The van der Waals surface area contributed by atoms with Gasteiger partial charge < -0.3 is 14.4 Å². The molecule has 6 heteroatoms. The average Bonchev–Trinajstić information content (AvgIpc) is 3.34. The number of rotatable bonds is 8. The molecule has 0 radical (unpaired) electrons. The monoisotopic (exact) mass is 457 g/mol. The summed E-state index contributed by atoms with van der Waals surface area (Å²) in [4.78, 5) is 8.64. The van der Waals surface area contributed by atoms with Gasteiger partial charge in [0.2, 0.25) is 5.82 Å². The quantitative estimate of drug-likeness (QED) is 0.355.